The number of ether oxygens (including phenoxy) is 3. The minimum absolute atomic E-state index is 0.143. The molecule has 0 saturated carbocycles. The fourth-order valence-electron chi connectivity index (χ4n) is 4.59. The number of benzene rings is 1. The number of hydrogen-bond acceptors (Lipinski definition) is 13. The molecule has 0 radical (unpaired) electrons. The molecule has 3 unspecified atom stereocenters. The lowest BCUT2D eigenvalue weighted by Gasteiger charge is -2.22. The van der Waals surface area contributed by atoms with Crippen LogP contribution in [0.4, 0.5) is 10.6 Å². The van der Waals surface area contributed by atoms with E-state index in [1.54, 1.807) is 31.2 Å². The summed E-state index contributed by atoms with van der Waals surface area (Å²) in [7, 11) is -9.92. The summed E-state index contributed by atoms with van der Waals surface area (Å²) in [5.41, 5.74) is 1.22. The minimum atomic E-state index is -5.15. The third-order valence-electron chi connectivity index (χ3n) is 6.34. The first kappa shape index (κ1) is 32.1. The first-order valence-electron chi connectivity index (χ1n) is 13.1. The normalized spacial score (nSPS) is 25.7. The summed E-state index contributed by atoms with van der Waals surface area (Å²) in [6.07, 6.45) is -2.82. The van der Waals surface area contributed by atoms with E-state index >= 15 is 0 Å². The van der Waals surface area contributed by atoms with E-state index in [9.17, 15) is 28.5 Å². The highest BCUT2D eigenvalue weighted by Crippen LogP contribution is 2.59. The molecule has 238 valence electrons. The number of aliphatic carboxylic acids is 1. The third-order valence-corrected chi connectivity index (χ3v) is 9.29. The van der Waals surface area contributed by atoms with E-state index in [1.165, 1.54) is 17.2 Å². The van der Waals surface area contributed by atoms with Crippen LogP contribution >= 0.6 is 15.4 Å². The van der Waals surface area contributed by atoms with Gasteiger partial charge < -0.3 is 34.4 Å². The summed E-state index contributed by atoms with van der Waals surface area (Å²) in [6.45, 7) is 0.834. The lowest BCUT2D eigenvalue weighted by molar-refractivity contribution is -0.152. The van der Waals surface area contributed by atoms with E-state index < -0.39 is 77.7 Å². The molecule has 2 fully saturated rings. The molecule has 5 rings (SSSR count). The Hall–Kier alpha value is -3.35. The zero-order valence-corrected chi connectivity index (χ0v) is 24.7. The summed E-state index contributed by atoms with van der Waals surface area (Å²) in [6, 6.07) is 8.51. The van der Waals surface area contributed by atoms with E-state index in [0.29, 0.717) is 12.1 Å². The van der Waals surface area contributed by atoms with E-state index in [-0.39, 0.29) is 17.0 Å². The van der Waals surface area contributed by atoms with Gasteiger partial charge in [-0.25, -0.2) is 28.6 Å². The molecule has 7 atom stereocenters. The van der Waals surface area contributed by atoms with Crippen LogP contribution in [0.25, 0.3) is 11.2 Å². The number of imidazole rings is 1. The molecule has 19 nitrogen and oxygen atoms in total. The summed E-state index contributed by atoms with van der Waals surface area (Å²) in [5.74, 6) is -1.17. The summed E-state index contributed by atoms with van der Waals surface area (Å²) in [5, 5.41) is 16.0. The van der Waals surface area contributed by atoms with Crippen LogP contribution in [0.3, 0.4) is 0 Å². The Bertz CT molecular complexity index is 1590. The Kier molecular flexibility index (Phi) is 9.71. The van der Waals surface area contributed by atoms with Crippen molar-refractivity contribution in [2.45, 2.75) is 37.8 Å². The lowest BCUT2D eigenvalue weighted by Crippen LogP contribution is -2.31. The molecular formula is C23H29N7O12P2. The number of carbonyl (C=O) groups excluding carboxylic acids is 1. The summed E-state index contributed by atoms with van der Waals surface area (Å²) >= 11 is 0. The van der Waals surface area contributed by atoms with Gasteiger partial charge in [0, 0.05) is 12.1 Å². The number of urea groups is 1. The Morgan fingerprint density at radius 3 is 2.55 bits per heavy atom. The van der Waals surface area contributed by atoms with Gasteiger partial charge in [-0.15, -0.1) is 0 Å². The average Bonchev–Trinajstić information content (AvgIpc) is 3.66. The predicted octanol–water partition coefficient (Wildman–Crippen LogP) is 1.30. The number of phosphoric ester groups is 1. The second kappa shape index (κ2) is 13.3. The van der Waals surface area contributed by atoms with Crippen molar-refractivity contribution in [3.8, 4) is 0 Å². The van der Waals surface area contributed by atoms with Crippen molar-refractivity contribution in [2.24, 2.45) is 0 Å². The number of carbonyl (C=O) groups is 2. The van der Waals surface area contributed by atoms with E-state index in [4.69, 9.17) is 23.8 Å². The number of aromatic nitrogens is 4. The summed E-state index contributed by atoms with van der Waals surface area (Å²) in [4.78, 5) is 55.5. The van der Waals surface area contributed by atoms with Crippen LogP contribution < -0.4 is 16.0 Å². The van der Waals surface area contributed by atoms with Gasteiger partial charge in [0.1, 0.15) is 24.6 Å². The number of amides is 2. The average molecular weight is 657 g/mol. The van der Waals surface area contributed by atoms with E-state index in [2.05, 4.69) is 35.2 Å². The number of carboxylic acid groups (broad SMARTS) is 1. The molecule has 2 aliphatic rings. The second-order valence-electron chi connectivity index (χ2n) is 9.50. The highest BCUT2D eigenvalue weighted by atomic mass is 31.3. The topological polar surface area (TPSA) is 255 Å². The SMILES string of the molecule is CCNC(=O)Nc1ncnc2c1ncn2[C@@H]1O[C@H](COP(=O)(O)OP(=O)(O)CNCC(=O)O)C2O[C@H](c3ccccc3)O[C@@H]21. The minimum Gasteiger partial charge on any atom is -0.480 e. The summed E-state index contributed by atoms with van der Waals surface area (Å²) < 4.78 is 54.2. The maximum atomic E-state index is 12.6. The van der Waals surface area contributed by atoms with Gasteiger partial charge in [0.25, 0.3) is 0 Å². The van der Waals surface area contributed by atoms with Crippen molar-refractivity contribution >= 4 is 44.4 Å². The van der Waals surface area contributed by atoms with Crippen LogP contribution in [0.5, 0.6) is 0 Å². The van der Waals surface area contributed by atoms with Crippen molar-refractivity contribution in [3.05, 3.63) is 48.5 Å². The van der Waals surface area contributed by atoms with Crippen molar-refractivity contribution in [1.29, 1.82) is 0 Å². The number of fused-ring (bicyclic) bond motifs is 2. The molecule has 6 N–H and O–H groups in total. The van der Waals surface area contributed by atoms with Crippen LogP contribution in [0.2, 0.25) is 0 Å². The van der Waals surface area contributed by atoms with Crippen molar-refractivity contribution in [3.63, 3.8) is 0 Å². The first-order chi connectivity index (χ1) is 21.0. The Morgan fingerprint density at radius 1 is 1.07 bits per heavy atom. The van der Waals surface area contributed by atoms with Crippen molar-refractivity contribution in [1.82, 2.24) is 30.2 Å². The molecule has 4 heterocycles. The Labute approximate surface area is 249 Å². The number of phosphoric acid groups is 1. The highest BCUT2D eigenvalue weighted by molar-refractivity contribution is 7.63. The predicted molar refractivity (Wildman–Crippen MR) is 148 cm³/mol. The molecule has 2 aliphatic heterocycles. The van der Waals surface area contributed by atoms with Crippen molar-refractivity contribution < 1.29 is 56.7 Å². The fourth-order valence-corrected chi connectivity index (χ4v) is 7.03. The largest absolute Gasteiger partial charge is 0.480 e. The number of carboxylic acids is 1. The first-order valence-corrected chi connectivity index (χ1v) is 16.4. The molecule has 2 saturated heterocycles. The standard InChI is InChI=1S/C23H29N7O12P2/c1-2-25-23(33)29-19-16-20(27-10-26-19)30(11-28-16)21-18-17(40-22(41-18)13-6-4-3-5-7-13)14(39-21)9-38-44(36,37)42-43(34,35)12-24-8-15(31)32/h3-7,10-11,14,17-18,21-22,24H,2,8-9,12H2,1H3,(H,31,32)(H,34,35)(H,36,37)(H2,25,26,27,29,33)/t14-,17?,18+,21-,22+/m1/s1. The van der Waals surface area contributed by atoms with Crippen molar-refractivity contribution in [2.75, 3.05) is 31.3 Å². The number of rotatable bonds is 13. The number of hydrogen-bond donors (Lipinski definition) is 6. The molecule has 2 aromatic heterocycles. The molecule has 0 aliphatic carbocycles. The Morgan fingerprint density at radius 2 is 1.82 bits per heavy atom. The highest BCUT2D eigenvalue weighted by Gasteiger charge is 2.54. The number of nitrogens with zero attached hydrogens (tertiary/aromatic N) is 4. The van der Waals surface area contributed by atoms with Gasteiger partial charge in [0.15, 0.2) is 29.5 Å². The molecule has 44 heavy (non-hydrogen) atoms. The van der Waals surface area contributed by atoms with Crippen LogP contribution in [0.1, 0.15) is 25.0 Å². The molecule has 1 aromatic carbocycles. The fraction of sp³-hybridized carbons (Fsp3) is 0.435. The second-order valence-corrected chi connectivity index (χ2v) is 12.9. The van der Waals surface area contributed by atoms with Gasteiger partial charge in [0.2, 0.25) is 0 Å². The van der Waals surface area contributed by atoms with Crippen LogP contribution in [-0.4, -0.2) is 90.7 Å². The van der Waals surface area contributed by atoms with E-state index in [0.717, 1.165) is 0 Å². The quantitative estimate of drug-likeness (QED) is 0.142. The molecule has 0 spiro atoms. The molecule has 0 bridgehead atoms. The van der Waals surface area contributed by atoms with Crippen LogP contribution in [-0.2, 0) is 37.0 Å². The molecule has 21 heteroatoms. The van der Waals surface area contributed by atoms with Crippen LogP contribution in [0, 0.1) is 0 Å². The molecule has 2 amide bonds. The van der Waals surface area contributed by atoms with Crippen LogP contribution in [0.15, 0.2) is 43.0 Å². The van der Waals surface area contributed by atoms with Gasteiger partial charge >= 0.3 is 27.4 Å². The maximum Gasteiger partial charge on any atom is 0.479 e. The molecule has 3 aromatic rings. The lowest BCUT2D eigenvalue weighted by atomic mass is 10.1. The van der Waals surface area contributed by atoms with E-state index in [1.807, 2.05) is 6.07 Å². The van der Waals surface area contributed by atoms with Gasteiger partial charge in [0.05, 0.1) is 25.8 Å². The monoisotopic (exact) mass is 657 g/mol. The zero-order chi connectivity index (χ0) is 31.5. The molecular weight excluding hydrogens is 628 g/mol. The third kappa shape index (κ3) is 7.47. The number of anilines is 1. The zero-order valence-electron chi connectivity index (χ0n) is 23.0. The number of nitrogens with one attached hydrogen (secondary N) is 3. The van der Waals surface area contributed by atoms with Gasteiger partial charge in [-0.05, 0) is 6.92 Å². The smallest absolute Gasteiger partial charge is 0.479 e. The van der Waals surface area contributed by atoms with Gasteiger partial charge in [-0.2, -0.15) is 0 Å². The Balaban J connectivity index is 1.36. The maximum absolute atomic E-state index is 12.6. The van der Waals surface area contributed by atoms with Gasteiger partial charge in [-0.1, -0.05) is 30.3 Å². The van der Waals surface area contributed by atoms with Gasteiger partial charge in [-0.3, -0.25) is 29.1 Å².